The van der Waals surface area contributed by atoms with Crippen molar-refractivity contribution in [3.8, 4) is 0 Å². The molecule has 0 amide bonds. The van der Waals surface area contributed by atoms with Gasteiger partial charge in [-0.05, 0) is 30.8 Å². The van der Waals surface area contributed by atoms with E-state index in [1.807, 2.05) is 36.4 Å². The van der Waals surface area contributed by atoms with E-state index in [2.05, 4.69) is 27.5 Å². The van der Waals surface area contributed by atoms with Gasteiger partial charge in [0.05, 0.1) is 10.6 Å². The molecule has 1 aliphatic rings. The minimum atomic E-state index is -3.62. The van der Waals surface area contributed by atoms with E-state index in [0.717, 1.165) is 49.2 Å². The predicted molar refractivity (Wildman–Crippen MR) is 123 cm³/mol. The lowest BCUT2D eigenvalue weighted by Gasteiger charge is -2.36. The average Bonchev–Trinajstić information content (AvgIpc) is 2.75. The zero-order valence-corrected chi connectivity index (χ0v) is 18.0. The summed E-state index contributed by atoms with van der Waals surface area (Å²) in [6.07, 6.45) is 0. The fraction of sp³-hybridized carbons (Fsp3) is 0.273. The topological polar surface area (TPSA) is 52.6 Å². The number of nitrogens with zero attached hydrogens (tertiary/aromatic N) is 2. The van der Waals surface area contributed by atoms with Crippen molar-refractivity contribution in [2.45, 2.75) is 11.8 Å². The van der Waals surface area contributed by atoms with Crippen LogP contribution in [0.1, 0.15) is 6.92 Å². The van der Waals surface area contributed by atoms with E-state index in [0.29, 0.717) is 5.69 Å². The van der Waals surface area contributed by atoms with E-state index in [1.165, 1.54) is 0 Å². The molecule has 1 saturated heterocycles. The number of anilines is 2. The molecule has 3 aromatic rings. The third-order valence-corrected chi connectivity index (χ3v) is 6.74. The Morgan fingerprint density at radius 3 is 2.10 bits per heavy atom. The molecule has 0 saturated carbocycles. The molecule has 3 aromatic carbocycles. The Kier molecular flexibility index (Phi) is 6.67. The first-order chi connectivity index (χ1) is 13.6. The highest BCUT2D eigenvalue weighted by Crippen LogP contribution is 2.34. The molecule has 7 heteroatoms. The second kappa shape index (κ2) is 9.03. The maximum atomic E-state index is 12.8. The van der Waals surface area contributed by atoms with Crippen LogP contribution in [0.2, 0.25) is 0 Å². The van der Waals surface area contributed by atoms with Gasteiger partial charge >= 0.3 is 0 Å². The summed E-state index contributed by atoms with van der Waals surface area (Å²) in [7, 11) is -3.62. The lowest BCUT2D eigenvalue weighted by atomic mass is 10.1. The first-order valence-corrected chi connectivity index (χ1v) is 11.1. The van der Waals surface area contributed by atoms with Gasteiger partial charge in [-0.1, -0.05) is 49.4 Å². The van der Waals surface area contributed by atoms with Gasteiger partial charge in [0.1, 0.15) is 0 Å². The van der Waals surface area contributed by atoms with Crippen molar-refractivity contribution in [2.75, 3.05) is 42.3 Å². The molecular weight excluding hydrogens is 406 g/mol. The average molecular weight is 432 g/mol. The summed E-state index contributed by atoms with van der Waals surface area (Å²) in [5.41, 5.74) is 1.77. The molecule has 0 bridgehead atoms. The number of hydrogen-bond acceptors (Lipinski definition) is 4. The minimum Gasteiger partial charge on any atom is -0.368 e. The van der Waals surface area contributed by atoms with Crippen LogP contribution < -0.4 is 9.62 Å². The molecular formula is C22H26ClN3O2S. The summed E-state index contributed by atoms with van der Waals surface area (Å²) >= 11 is 0. The van der Waals surface area contributed by atoms with Gasteiger partial charge in [-0.25, -0.2) is 8.42 Å². The molecule has 154 valence electrons. The van der Waals surface area contributed by atoms with Gasteiger partial charge in [0, 0.05) is 42.6 Å². The van der Waals surface area contributed by atoms with Gasteiger partial charge < -0.3 is 9.80 Å². The summed E-state index contributed by atoms with van der Waals surface area (Å²) in [5, 5.41) is 1.98. The molecule has 29 heavy (non-hydrogen) atoms. The molecule has 0 spiro atoms. The van der Waals surface area contributed by atoms with Crippen LogP contribution in [0.5, 0.6) is 0 Å². The monoisotopic (exact) mass is 431 g/mol. The van der Waals surface area contributed by atoms with E-state index in [1.54, 1.807) is 24.3 Å². The molecule has 0 aromatic heterocycles. The van der Waals surface area contributed by atoms with Crippen molar-refractivity contribution in [2.24, 2.45) is 0 Å². The Morgan fingerprint density at radius 1 is 0.828 bits per heavy atom. The van der Waals surface area contributed by atoms with Crippen molar-refractivity contribution >= 4 is 44.6 Å². The molecule has 1 heterocycles. The Morgan fingerprint density at radius 2 is 1.45 bits per heavy atom. The quantitative estimate of drug-likeness (QED) is 0.657. The number of benzene rings is 3. The number of piperazine rings is 1. The maximum absolute atomic E-state index is 12.8. The normalized spacial score (nSPS) is 15.1. The first kappa shape index (κ1) is 21.4. The summed E-state index contributed by atoms with van der Waals surface area (Å²) in [6, 6.07) is 20.4. The van der Waals surface area contributed by atoms with Gasteiger partial charge in [0.2, 0.25) is 0 Å². The molecule has 0 atom stereocenters. The standard InChI is InChI=1S/C22H25N3O2S.ClH/c1-2-24-14-16-25(17-15-24)22-13-12-21(19-10-6-7-11-20(19)22)23-28(26,27)18-8-4-3-5-9-18;/h3-13,23H,2,14-17H2,1H3;1H. The number of nitrogens with one attached hydrogen (secondary N) is 1. The Bertz CT molecular complexity index is 1070. The summed E-state index contributed by atoms with van der Waals surface area (Å²) in [5.74, 6) is 0. The Hall–Kier alpha value is -2.28. The van der Waals surface area contributed by atoms with E-state index < -0.39 is 10.0 Å². The van der Waals surface area contributed by atoms with E-state index in [9.17, 15) is 8.42 Å². The van der Waals surface area contributed by atoms with Crippen LogP contribution in [0, 0.1) is 0 Å². The number of sulfonamides is 1. The van der Waals surface area contributed by atoms with Crippen molar-refractivity contribution < 1.29 is 8.42 Å². The molecule has 0 unspecified atom stereocenters. The third-order valence-electron chi connectivity index (χ3n) is 5.36. The summed E-state index contributed by atoms with van der Waals surface area (Å²) in [4.78, 5) is 5.10. The van der Waals surface area contributed by atoms with E-state index in [-0.39, 0.29) is 17.3 Å². The van der Waals surface area contributed by atoms with E-state index >= 15 is 0 Å². The maximum Gasteiger partial charge on any atom is 0.261 e. The van der Waals surface area contributed by atoms with Gasteiger partial charge in [-0.15, -0.1) is 12.4 Å². The second-order valence-electron chi connectivity index (χ2n) is 7.02. The summed E-state index contributed by atoms with van der Waals surface area (Å²) < 4.78 is 28.3. The van der Waals surface area contributed by atoms with Crippen LogP contribution in [-0.4, -0.2) is 46.0 Å². The smallest absolute Gasteiger partial charge is 0.261 e. The van der Waals surface area contributed by atoms with Crippen LogP contribution >= 0.6 is 12.4 Å². The van der Waals surface area contributed by atoms with Crippen molar-refractivity contribution in [3.63, 3.8) is 0 Å². The fourth-order valence-electron chi connectivity index (χ4n) is 3.76. The van der Waals surface area contributed by atoms with Crippen LogP contribution in [0.15, 0.2) is 71.6 Å². The molecule has 5 nitrogen and oxygen atoms in total. The largest absolute Gasteiger partial charge is 0.368 e. The number of fused-ring (bicyclic) bond motifs is 1. The van der Waals surface area contributed by atoms with Gasteiger partial charge in [-0.3, -0.25) is 4.72 Å². The highest BCUT2D eigenvalue weighted by atomic mass is 35.5. The number of halogens is 1. The molecule has 4 rings (SSSR count). The zero-order valence-electron chi connectivity index (χ0n) is 16.4. The van der Waals surface area contributed by atoms with Crippen LogP contribution in [0.25, 0.3) is 10.8 Å². The fourth-order valence-corrected chi connectivity index (χ4v) is 4.86. The number of likely N-dealkylation sites (N-methyl/N-ethyl adjacent to an activating group) is 1. The van der Waals surface area contributed by atoms with Crippen LogP contribution in [0.4, 0.5) is 11.4 Å². The Labute approximate surface area is 178 Å². The summed E-state index contributed by atoms with van der Waals surface area (Å²) in [6.45, 7) is 7.33. The minimum absolute atomic E-state index is 0. The van der Waals surface area contributed by atoms with Crippen LogP contribution in [0.3, 0.4) is 0 Å². The van der Waals surface area contributed by atoms with Crippen molar-refractivity contribution in [1.82, 2.24) is 4.90 Å². The lowest BCUT2D eigenvalue weighted by Crippen LogP contribution is -2.46. The van der Waals surface area contributed by atoms with Gasteiger partial charge in [0.25, 0.3) is 10.0 Å². The zero-order chi connectivity index (χ0) is 19.6. The Balaban J connectivity index is 0.00000240. The second-order valence-corrected chi connectivity index (χ2v) is 8.70. The molecule has 1 N–H and O–H groups in total. The molecule has 1 fully saturated rings. The lowest BCUT2D eigenvalue weighted by molar-refractivity contribution is 0.271. The van der Waals surface area contributed by atoms with Crippen molar-refractivity contribution in [1.29, 1.82) is 0 Å². The highest BCUT2D eigenvalue weighted by molar-refractivity contribution is 7.92. The first-order valence-electron chi connectivity index (χ1n) is 9.65. The number of hydrogen-bond donors (Lipinski definition) is 1. The third kappa shape index (κ3) is 4.50. The highest BCUT2D eigenvalue weighted by Gasteiger charge is 2.20. The van der Waals surface area contributed by atoms with Gasteiger partial charge in [-0.2, -0.15) is 0 Å². The van der Waals surface area contributed by atoms with Gasteiger partial charge in [0.15, 0.2) is 0 Å². The van der Waals surface area contributed by atoms with Crippen LogP contribution in [-0.2, 0) is 10.0 Å². The molecule has 0 radical (unpaired) electrons. The predicted octanol–water partition coefficient (Wildman–Crippen LogP) is 4.20. The molecule has 0 aliphatic carbocycles. The number of rotatable bonds is 5. The van der Waals surface area contributed by atoms with Crippen molar-refractivity contribution in [3.05, 3.63) is 66.7 Å². The van der Waals surface area contributed by atoms with E-state index in [4.69, 9.17) is 0 Å². The molecule has 1 aliphatic heterocycles. The SMILES string of the molecule is CCN1CCN(c2ccc(NS(=O)(=O)c3ccccc3)c3ccccc23)CC1.Cl.